The summed E-state index contributed by atoms with van der Waals surface area (Å²) in [5, 5.41) is 14.7. The van der Waals surface area contributed by atoms with E-state index < -0.39 is 21.8 Å². The fourth-order valence-corrected chi connectivity index (χ4v) is 3.83. The van der Waals surface area contributed by atoms with Crippen LogP contribution in [0.25, 0.3) is 17.3 Å². The van der Waals surface area contributed by atoms with Crippen LogP contribution in [0, 0.1) is 25.2 Å². The molecule has 3 aromatic rings. The molecule has 5 nitrogen and oxygen atoms in total. The second-order valence-electron chi connectivity index (χ2n) is 6.95. The smallest absolute Gasteiger partial charge is 0.318 e. The largest absolute Gasteiger partial charge is 0.416 e. The van der Waals surface area contributed by atoms with Crippen LogP contribution in [0.3, 0.4) is 0 Å². The number of hydrogen-bond donors (Lipinski definition) is 1. The second-order valence-corrected chi connectivity index (χ2v) is 8.51. The third-order valence-electron chi connectivity index (χ3n) is 4.81. The number of halogens is 3. The van der Waals surface area contributed by atoms with Gasteiger partial charge in [-0.1, -0.05) is 12.1 Å². The third kappa shape index (κ3) is 4.71. The standard InChI is InChI=1S/C22H18F3N3O2S/c1-14-10-17(11-18(13-26)16-4-3-5-19(12-16)22(23,24)25)15(2)28(14)20-6-8-21(9-7-20)31(27,29)30/h3-12H,1-2H3,(H2,27,29,30)/b18-11-. The number of rotatable bonds is 4. The number of allylic oxidation sites excluding steroid dienone is 1. The van der Waals surface area contributed by atoms with E-state index in [1.54, 1.807) is 25.1 Å². The van der Waals surface area contributed by atoms with Crippen LogP contribution in [0.1, 0.15) is 28.1 Å². The first-order valence-electron chi connectivity index (χ1n) is 9.03. The molecule has 1 heterocycles. The first-order valence-corrected chi connectivity index (χ1v) is 10.6. The fraction of sp³-hybridized carbons (Fsp3) is 0.136. The van der Waals surface area contributed by atoms with Gasteiger partial charge in [-0.15, -0.1) is 0 Å². The van der Waals surface area contributed by atoms with E-state index in [1.807, 2.05) is 17.6 Å². The molecule has 0 amide bonds. The highest BCUT2D eigenvalue weighted by Gasteiger charge is 2.30. The Hall–Kier alpha value is -3.35. The molecule has 3 rings (SSSR count). The maximum atomic E-state index is 13.0. The number of aryl methyl sites for hydroxylation is 1. The number of benzene rings is 2. The van der Waals surface area contributed by atoms with Crippen LogP contribution in [0.2, 0.25) is 0 Å². The van der Waals surface area contributed by atoms with Gasteiger partial charge in [-0.3, -0.25) is 0 Å². The zero-order valence-corrected chi connectivity index (χ0v) is 17.4. The Morgan fingerprint density at radius 1 is 1.10 bits per heavy atom. The van der Waals surface area contributed by atoms with Crippen LogP contribution in [0.4, 0.5) is 13.2 Å². The van der Waals surface area contributed by atoms with Gasteiger partial charge in [-0.2, -0.15) is 18.4 Å². The topological polar surface area (TPSA) is 88.9 Å². The van der Waals surface area contributed by atoms with Gasteiger partial charge in [0.1, 0.15) is 0 Å². The number of aromatic nitrogens is 1. The number of hydrogen-bond acceptors (Lipinski definition) is 3. The number of alkyl halides is 3. The lowest BCUT2D eigenvalue weighted by Gasteiger charge is -2.10. The molecule has 2 N–H and O–H groups in total. The van der Waals surface area contributed by atoms with E-state index in [0.29, 0.717) is 11.3 Å². The van der Waals surface area contributed by atoms with Crippen molar-refractivity contribution >= 4 is 21.7 Å². The summed E-state index contributed by atoms with van der Waals surface area (Å²) < 4.78 is 63.8. The van der Waals surface area contributed by atoms with Crippen LogP contribution >= 0.6 is 0 Å². The van der Waals surface area contributed by atoms with Crippen molar-refractivity contribution in [3.63, 3.8) is 0 Å². The fourth-order valence-electron chi connectivity index (χ4n) is 3.31. The Morgan fingerprint density at radius 2 is 1.74 bits per heavy atom. The number of nitrogens with two attached hydrogens (primary N) is 1. The molecule has 0 fully saturated rings. The van der Waals surface area contributed by atoms with Gasteiger partial charge in [0.15, 0.2) is 0 Å². The molecule has 9 heteroatoms. The zero-order valence-electron chi connectivity index (χ0n) is 16.6. The van der Waals surface area contributed by atoms with Crippen molar-refractivity contribution in [3.8, 4) is 11.8 Å². The van der Waals surface area contributed by atoms with Gasteiger partial charge in [-0.25, -0.2) is 13.6 Å². The Bertz CT molecular complexity index is 1310. The van der Waals surface area contributed by atoms with Gasteiger partial charge in [0.25, 0.3) is 0 Å². The van der Waals surface area contributed by atoms with Crippen LogP contribution in [0.15, 0.2) is 59.5 Å². The van der Waals surface area contributed by atoms with Gasteiger partial charge in [0, 0.05) is 17.1 Å². The molecule has 0 aliphatic heterocycles. The van der Waals surface area contributed by atoms with Crippen molar-refractivity contribution in [2.24, 2.45) is 5.14 Å². The van der Waals surface area contributed by atoms with E-state index >= 15 is 0 Å². The summed E-state index contributed by atoms with van der Waals surface area (Å²) in [7, 11) is -3.82. The first-order chi connectivity index (χ1) is 14.4. The molecule has 0 saturated heterocycles. The molecule has 0 atom stereocenters. The van der Waals surface area contributed by atoms with E-state index in [0.717, 1.165) is 23.5 Å². The highest BCUT2D eigenvalue weighted by Crippen LogP contribution is 2.32. The van der Waals surface area contributed by atoms with E-state index in [1.165, 1.54) is 30.3 Å². The minimum atomic E-state index is -4.50. The number of nitrogens with zero attached hydrogens (tertiary/aromatic N) is 2. The summed E-state index contributed by atoms with van der Waals surface area (Å²) in [6.07, 6.45) is -2.97. The Morgan fingerprint density at radius 3 is 2.29 bits per heavy atom. The van der Waals surface area contributed by atoms with E-state index in [2.05, 4.69) is 0 Å². The highest BCUT2D eigenvalue weighted by molar-refractivity contribution is 7.89. The maximum absolute atomic E-state index is 13.0. The number of nitriles is 1. The SMILES string of the molecule is Cc1cc(/C=C(/C#N)c2cccc(C(F)(F)F)c2)c(C)n1-c1ccc(S(N)(=O)=O)cc1. The summed E-state index contributed by atoms with van der Waals surface area (Å²) in [5.74, 6) is 0. The van der Waals surface area contributed by atoms with Gasteiger partial charge in [-0.05, 0) is 73.5 Å². The third-order valence-corrected chi connectivity index (χ3v) is 5.74. The van der Waals surface area contributed by atoms with Crippen LogP contribution in [-0.4, -0.2) is 13.0 Å². The molecule has 0 bridgehead atoms. The van der Waals surface area contributed by atoms with E-state index in [9.17, 15) is 26.9 Å². The van der Waals surface area contributed by atoms with Crippen molar-refractivity contribution in [3.05, 3.63) is 82.7 Å². The summed E-state index contributed by atoms with van der Waals surface area (Å²) in [5.41, 5.74) is 2.30. The van der Waals surface area contributed by atoms with Crippen molar-refractivity contribution < 1.29 is 21.6 Å². The molecule has 0 unspecified atom stereocenters. The van der Waals surface area contributed by atoms with Crippen LogP contribution < -0.4 is 5.14 Å². The Kier molecular flexibility index (Phi) is 5.81. The van der Waals surface area contributed by atoms with Crippen LogP contribution in [-0.2, 0) is 16.2 Å². The predicted octanol–water partition coefficient (Wildman–Crippen LogP) is 4.82. The molecule has 31 heavy (non-hydrogen) atoms. The highest BCUT2D eigenvalue weighted by atomic mass is 32.2. The first kappa shape index (κ1) is 22.3. The molecular weight excluding hydrogens is 427 g/mol. The molecule has 0 radical (unpaired) electrons. The maximum Gasteiger partial charge on any atom is 0.416 e. The quantitative estimate of drug-likeness (QED) is 0.584. The summed E-state index contributed by atoms with van der Waals surface area (Å²) >= 11 is 0. The lowest BCUT2D eigenvalue weighted by atomic mass is 10.0. The minimum Gasteiger partial charge on any atom is -0.318 e. The monoisotopic (exact) mass is 445 g/mol. The molecule has 2 aromatic carbocycles. The van der Waals surface area contributed by atoms with Gasteiger partial charge >= 0.3 is 6.18 Å². The Labute approximate surface area is 177 Å². The summed E-state index contributed by atoms with van der Waals surface area (Å²) in [4.78, 5) is -0.0184. The molecule has 0 aliphatic carbocycles. The van der Waals surface area contributed by atoms with Crippen molar-refractivity contribution in [1.82, 2.24) is 4.57 Å². The summed E-state index contributed by atoms with van der Waals surface area (Å²) in [6, 6.07) is 14.4. The minimum absolute atomic E-state index is 0.0184. The van der Waals surface area contributed by atoms with Crippen LogP contribution in [0.5, 0.6) is 0 Å². The zero-order chi connectivity index (χ0) is 23.0. The average Bonchev–Trinajstić information content (AvgIpc) is 2.98. The molecule has 160 valence electrons. The van der Waals surface area contributed by atoms with Gasteiger partial charge in [0.05, 0.1) is 22.1 Å². The molecule has 0 saturated carbocycles. The summed E-state index contributed by atoms with van der Waals surface area (Å²) in [6.45, 7) is 3.63. The van der Waals surface area contributed by atoms with Crippen molar-refractivity contribution in [1.29, 1.82) is 5.26 Å². The molecule has 0 spiro atoms. The lowest BCUT2D eigenvalue weighted by Crippen LogP contribution is -2.12. The normalized spacial score (nSPS) is 12.6. The van der Waals surface area contributed by atoms with Gasteiger partial charge in [0.2, 0.25) is 10.0 Å². The predicted molar refractivity (Wildman–Crippen MR) is 112 cm³/mol. The van der Waals surface area contributed by atoms with E-state index in [-0.39, 0.29) is 16.0 Å². The van der Waals surface area contributed by atoms with E-state index in [4.69, 9.17) is 5.14 Å². The van der Waals surface area contributed by atoms with Crippen molar-refractivity contribution in [2.75, 3.05) is 0 Å². The number of sulfonamides is 1. The Balaban J connectivity index is 2.05. The number of primary sulfonamides is 1. The van der Waals surface area contributed by atoms with Crippen molar-refractivity contribution in [2.45, 2.75) is 24.9 Å². The van der Waals surface area contributed by atoms with Gasteiger partial charge < -0.3 is 4.57 Å². The molecule has 1 aromatic heterocycles. The molecular formula is C22H18F3N3O2S. The second kappa shape index (κ2) is 8.06. The average molecular weight is 445 g/mol. The molecule has 0 aliphatic rings. The lowest BCUT2D eigenvalue weighted by molar-refractivity contribution is -0.137.